The first-order valence-corrected chi connectivity index (χ1v) is 9.53. The molecule has 0 spiro atoms. The Morgan fingerprint density at radius 2 is 1.64 bits per heavy atom. The third kappa shape index (κ3) is 3.49. The molecule has 1 aromatic heterocycles. The second-order valence-corrected chi connectivity index (χ2v) is 7.14. The Morgan fingerprint density at radius 3 is 2.18 bits per heavy atom. The molecule has 7 heteroatoms. The quantitative estimate of drug-likeness (QED) is 0.594. The van der Waals surface area contributed by atoms with Crippen molar-refractivity contribution < 1.29 is 14.3 Å². The van der Waals surface area contributed by atoms with E-state index in [0.717, 1.165) is 10.2 Å². The summed E-state index contributed by atoms with van der Waals surface area (Å²) in [5, 5.41) is 0.941. The van der Waals surface area contributed by atoms with E-state index in [9.17, 15) is 9.59 Å². The predicted octanol–water partition coefficient (Wildman–Crippen LogP) is 4.08. The summed E-state index contributed by atoms with van der Waals surface area (Å²) >= 11 is 3.40. The van der Waals surface area contributed by atoms with Gasteiger partial charge in [-0.3, -0.25) is 9.59 Å². The number of fused-ring (bicyclic) bond motifs is 1. The molecule has 0 N–H and O–H groups in total. The molecule has 146 valence electrons. The normalized spacial score (nSPS) is 10.8. The van der Waals surface area contributed by atoms with Gasteiger partial charge in [0.1, 0.15) is 0 Å². The van der Waals surface area contributed by atoms with Crippen LogP contribution in [0.15, 0.2) is 51.9 Å². The van der Waals surface area contributed by atoms with E-state index in [1.165, 1.54) is 18.8 Å². The molecule has 3 rings (SSSR count). The third-order valence-corrected chi connectivity index (χ3v) is 5.21. The van der Waals surface area contributed by atoms with Gasteiger partial charge in [-0.1, -0.05) is 15.9 Å². The SMILES string of the molecule is CCn1cc(C(=O)N(C)c2ccc(Br)cc2)c2cc(OC)c(OC)cc2c1=O. The monoisotopic (exact) mass is 444 g/mol. The highest BCUT2D eigenvalue weighted by atomic mass is 79.9. The highest BCUT2D eigenvalue weighted by Gasteiger charge is 2.21. The molecular weight excluding hydrogens is 424 g/mol. The van der Waals surface area contributed by atoms with Crippen molar-refractivity contribution in [2.24, 2.45) is 0 Å². The summed E-state index contributed by atoms with van der Waals surface area (Å²) in [4.78, 5) is 27.7. The topological polar surface area (TPSA) is 60.8 Å². The van der Waals surface area contributed by atoms with Gasteiger partial charge in [0, 0.05) is 35.3 Å². The number of rotatable bonds is 5. The fourth-order valence-corrected chi connectivity index (χ4v) is 3.35. The number of halogens is 1. The van der Waals surface area contributed by atoms with E-state index in [1.807, 2.05) is 31.2 Å². The molecule has 0 aliphatic heterocycles. The molecule has 0 unspecified atom stereocenters. The zero-order valence-electron chi connectivity index (χ0n) is 16.2. The highest BCUT2D eigenvalue weighted by Crippen LogP contribution is 2.33. The number of carbonyl (C=O) groups is 1. The summed E-state index contributed by atoms with van der Waals surface area (Å²) < 4.78 is 13.2. The van der Waals surface area contributed by atoms with Crippen LogP contribution in [0.2, 0.25) is 0 Å². The first-order chi connectivity index (χ1) is 13.4. The van der Waals surface area contributed by atoms with E-state index in [4.69, 9.17) is 9.47 Å². The number of amides is 1. The van der Waals surface area contributed by atoms with Crippen LogP contribution in [0.3, 0.4) is 0 Å². The molecule has 1 heterocycles. The summed E-state index contributed by atoms with van der Waals surface area (Å²) in [5.41, 5.74) is 0.986. The van der Waals surface area contributed by atoms with Gasteiger partial charge in [-0.25, -0.2) is 0 Å². The van der Waals surface area contributed by atoms with Gasteiger partial charge in [-0.2, -0.15) is 0 Å². The molecule has 0 aliphatic carbocycles. The number of pyridine rings is 1. The average molecular weight is 445 g/mol. The van der Waals surface area contributed by atoms with Gasteiger partial charge in [0.25, 0.3) is 11.5 Å². The number of anilines is 1. The maximum atomic E-state index is 13.3. The number of hydrogen-bond donors (Lipinski definition) is 0. The highest BCUT2D eigenvalue weighted by molar-refractivity contribution is 9.10. The van der Waals surface area contributed by atoms with Gasteiger partial charge in [-0.15, -0.1) is 0 Å². The second-order valence-electron chi connectivity index (χ2n) is 6.23. The lowest BCUT2D eigenvalue weighted by Crippen LogP contribution is -2.29. The Balaban J connectivity index is 2.23. The molecule has 0 atom stereocenters. The molecule has 0 radical (unpaired) electrons. The Bertz CT molecular complexity index is 1090. The third-order valence-electron chi connectivity index (χ3n) is 4.68. The van der Waals surface area contributed by atoms with Crippen LogP contribution in [0.1, 0.15) is 17.3 Å². The standard InChI is InChI=1S/C21H21BrN2O4/c1-5-24-12-17(20(25)23(2)14-8-6-13(22)7-9-14)15-10-18(27-3)19(28-4)11-16(15)21(24)26/h6-12H,5H2,1-4H3. The number of methoxy groups -OCH3 is 2. The van der Waals surface area contributed by atoms with Gasteiger partial charge in [0.05, 0.1) is 25.2 Å². The van der Waals surface area contributed by atoms with Gasteiger partial charge in [-0.05, 0) is 43.3 Å². The number of nitrogens with zero attached hydrogens (tertiary/aromatic N) is 2. The van der Waals surface area contributed by atoms with E-state index in [2.05, 4.69) is 15.9 Å². The lowest BCUT2D eigenvalue weighted by molar-refractivity contribution is 0.0994. The van der Waals surface area contributed by atoms with Crippen molar-refractivity contribution in [3.63, 3.8) is 0 Å². The molecule has 2 aromatic carbocycles. The molecule has 0 saturated heterocycles. The maximum absolute atomic E-state index is 13.3. The largest absolute Gasteiger partial charge is 0.493 e. The van der Waals surface area contributed by atoms with Crippen molar-refractivity contribution in [1.82, 2.24) is 4.57 Å². The van der Waals surface area contributed by atoms with E-state index in [-0.39, 0.29) is 11.5 Å². The van der Waals surface area contributed by atoms with Crippen molar-refractivity contribution in [1.29, 1.82) is 0 Å². The second kappa shape index (κ2) is 8.06. The van der Waals surface area contributed by atoms with Crippen LogP contribution in [0.25, 0.3) is 10.8 Å². The van der Waals surface area contributed by atoms with Crippen molar-refractivity contribution in [2.45, 2.75) is 13.5 Å². The number of ether oxygens (including phenoxy) is 2. The summed E-state index contributed by atoms with van der Waals surface area (Å²) in [6.07, 6.45) is 1.61. The van der Waals surface area contributed by atoms with Crippen LogP contribution in [0, 0.1) is 0 Å². The molecule has 0 bridgehead atoms. The van der Waals surface area contributed by atoms with Crippen LogP contribution in [-0.4, -0.2) is 31.7 Å². The molecule has 3 aromatic rings. The van der Waals surface area contributed by atoms with Crippen molar-refractivity contribution >= 4 is 38.3 Å². The Kier molecular flexibility index (Phi) is 5.74. The molecule has 6 nitrogen and oxygen atoms in total. The predicted molar refractivity (Wildman–Crippen MR) is 114 cm³/mol. The zero-order valence-corrected chi connectivity index (χ0v) is 17.7. The zero-order chi connectivity index (χ0) is 20.4. The molecule has 0 aliphatic rings. The van der Waals surface area contributed by atoms with Crippen molar-refractivity contribution in [3.8, 4) is 11.5 Å². The van der Waals surface area contributed by atoms with Crippen LogP contribution >= 0.6 is 15.9 Å². The molecule has 0 saturated carbocycles. The first kappa shape index (κ1) is 19.9. The Labute approximate surface area is 171 Å². The number of aromatic nitrogens is 1. The number of hydrogen-bond acceptors (Lipinski definition) is 4. The Morgan fingerprint density at radius 1 is 1.07 bits per heavy atom. The number of benzene rings is 2. The number of aryl methyl sites for hydroxylation is 1. The average Bonchev–Trinajstić information content (AvgIpc) is 2.72. The van der Waals surface area contributed by atoms with Crippen molar-refractivity contribution in [2.75, 3.05) is 26.2 Å². The molecule has 28 heavy (non-hydrogen) atoms. The van der Waals surface area contributed by atoms with E-state index >= 15 is 0 Å². The van der Waals surface area contributed by atoms with E-state index in [0.29, 0.717) is 34.4 Å². The lowest BCUT2D eigenvalue weighted by Gasteiger charge is -2.20. The number of carbonyl (C=O) groups excluding carboxylic acids is 1. The van der Waals surface area contributed by atoms with Crippen LogP contribution in [0.4, 0.5) is 5.69 Å². The fraction of sp³-hybridized carbons (Fsp3) is 0.238. The summed E-state index contributed by atoms with van der Waals surface area (Å²) in [5.74, 6) is 0.686. The lowest BCUT2D eigenvalue weighted by atomic mass is 10.0. The summed E-state index contributed by atoms with van der Waals surface area (Å²) in [6, 6.07) is 10.8. The minimum Gasteiger partial charge on any atom is -0.493 e. The first-order valence-electron chi connectivity index (χ1n) is 8.74. The Hall–Kier alpha value is -2.80. The van der Waals surface area contributed by atoms with Crippen LogP contribution in [0.5, 0.6) is 11.5 Å². The van der Waals surface area contributed by atoms with Gasteiger partial charge < -0.3 is 18.9 Å². The fourth-order valence-electron chi connectivity index (χ4n) is 3.09. The van der Waals surface area contributed by atoms with Gasteiger partial charge >= 0.3 is 0 Å². The minimum atomic E-state index is -0.221. The summed E-state index contributed by atoms with van der Waals surface area (Å²) in [7, 11) is 4.74. The van der Waals surface area contributed by atoms with Crippen molar-refractivity contribution in [3.05, 3.63) is 63.0 Å². The minimum absolute atomic E-state index is 0.179. The smallest absolute Gasteiger partial charge is 0.260 e. The molecule has 1 amide bonds. The van der Waals surface area contributed by atoms with Crippen LogP contribution < -0.4 is 19.9 Å². The van der Waals surface area contributed by atoms with Crippen LogP contribution in [-0.2, 0) is 6.54 Å². The van der Waals surface area contributed by atoms with E-state index in [1.54, 1.807) is 30.3 Å². The maximum Gasteiger partial charge on any atom is 0.260 e. The van der Waals surface area contributed by atoms with Gasteiger partial charge in [0.2, 0.25) is 0 Å². The summed E-state index contributed by atoms with van der Waals surface area (Å²) in [6.45, 7) is 2.31. The molecular formula is C21H21BrN2O4. The van der Waals surface area contributed by atoms with E-state index < -0.39 is 0 Å². The molecule has 0 fully saturated rings. The van der Waals surface area contributed by atoms with Gasteiger partial charge in [0.15, 0.2) is 11.5 Å².